The quantitative estimate of drug-likeness (QED) is 0.380. The summed E-state index contributed by atoms with van der Waals surface area (Å²) in [6.45, 7) is 1.99. The largest absolute Gasteiger partial charge is 0.507 e. The molecule has 0 saturated heterocycles. The average molecular weight is 408 g/mol. The van der Waals surface area contributed by atoms with Gasteiger partial charge in [-0.05, 0) is 13.0 Å². The Hall–Kier alpha value is -4.07. The van der Waals surface area contributed by atoms with E-state index in [-0.39, 0.29) is 22.4 Å². The van der Waals surface area contributed by atoms with Gasteiger partial charge < -0.3 is 20.3 Å². The number of ether oxygens (including phenoxy) is 1. The van der Waals surface area contributed by atoms with Crippen molar-refractivity contribution in [2.75, 3.05) is 6.54 Å². The van der Waals surface area contributed by atoms with Gasteiger partial charge in [0.2, 0.25) is 6.10 Å². The highest BCUT2D eigenvalue weighted by Crippen LogP contribution is 2.36. The Morgan fingerprint density at radius 1 is 0.967 bits per heavy atom. The fourth-order valence-electron chi connectivity index (χ4n) is 2.95. The third-order valence-corrected chi connectivity index (χ3v) is 4.35. The molecule has 30 heavy (non-hydrogen) atoms. The van der Waals surface area contributed by atoms with E-state index >= 15 is 0 Å². The third kappa shape index (κ3) is 4.33. The molecule has 0 aliphatic rings. The van der Waals surface area contributed by atoms with Crippen LogP contribution in [0.4, 0.5) is 4.79 Å². The second-order valence-electron chi connectivity index (χ2n) is 6.38. The topological polar surface area (TPSA) is 125 Å². The number of amides is 3. The second kappa shape index (κ2) is 8.95. The number of carbonyl (C=O) groups excluding carboxylic acids is 3. The van der Waals surface area contributed by atoms with Crippen molar-refractivity contribution < 1.29 is 29.3 Å². The van der Waals surface area contributed by atoms with Crippen LogP contribution < -0.4 is 10.6 Å². The summed E-state index contributed by atoms with van der Waals surface area (Å²) in [7, 11) is 0. The Balaban J connectivity index is 1.94. The number of nitrogens with one attached hydrogen (secondary N) is 2. The number of benzene rings is 3. The number of hydrogen-bond acceptors (Lipinski definition) is 6. The van der Waals surface area contributed by atoms with Crippen molar-refractivity contribution in [1.29, 1.82) is 0 Å². The molecule has 0 radical (unpaired) electrons. The highest BCUT2D eigenvalue weighted by atomic mass is 16.5. The molecule has 0 saturated carbocycles. The first-order valence-corrected chi connectivity index (χ1v) is 9.20. The Morgan fingerprint density at radius 2 is 1.60 bits per heavy atom. The zero-order valence-corrected chi connectivity index (χ0v) is 16.1. The van der Waals surface area contributed by atoms with Crippen LogP contribution in [0.25, 0.3) is 10.8 Å². The molecule has 154 valence electrons. The lowest BCUT2D eigenvalue weighted by atomic mass is 10.0. The van der Waals surface area contributed by atoms with E-state index < -0.39 is 24.0 Å². The van der Waals surface area contributed by atoms with Gasteiger partial charge in [-0.2, -0.15) is 0 Å². The summed E-state index contributed by atoms with van der Waals surface area (Å²) >= 11 is 0. The van der Waals surface area contributed by atoms with Gasteiger partial charge in [0.15, 0.2) is 0 Å². The van der Waals surface area contributed by atoms with E-state index in [4.69, 9.17) is 4.74 Å². The molecule has 0 aliphatic carbocycles. The van der Waals surface area contributed by atoms with Crippen LogP contribution in [-0.4, -0.2) is 34.7 Å². The highest BCUT2D eigenvalue weighted by Gasteiger charge is 2.29. The first-order chi connectivity index (χ1) is 14.4. The summed E-state index contributed by atoms with van der Waals surface area (Å²) in [5.74, 6) is -2.50. The Bertz CT molecular complexity index is 1100. The van der Waals surface area contributed by atoms with E-state index in [1.165, 1.54) is 6.07 Å². The molecule has 0 spiro atoms. The van der Waals surface area contributed by atoms with E-state index in [2.05, 4.69) is 10.6 Å². The first-order valence-electron chi connectivity index (χ1n) is 9.20. The van der Waals surface area contributed by atoms with E-state index in [1.807, 2.05) is 0 Å². The van der Waals surface area contributed by atoms with Crippen LogP contribution in [0.2, 0.25) is 0 Å². The number of imide groups is 1. The second-order valence-corrected chi connectivity index (χ2v) is 6.38. The molecular formula is C22H20N2O6. The number of carbonyl (C=O) groups is 3. The smallest absolute Gasteiger partial charge is 0.343 e. The molecule has 8 nitrogen and oxygen atoms in total. The average Bonchev–Trinajstić information content (AvgIpc) is 2.75. The molecule has 3 amide bonds. The van der Waals surface area contributed by atoms with Crippen LogP contribution in [0.3, 0.4) is 0 Å². The monoisotopic (exact) mass is 408 g/mol. The van der Waals surface area contributed by atoms with Crippen LogP contribution in [-0.2, 0) is 9.53 Å². The van der Waals surface area contributed by atoms with E-state index in [0.717, 1.165) is 6.07 Å². The molecule has 1 atom stereocenters. The summed E-state index contributed by atoms with van der Waals surface area (Å²) in [4.78, 5) is 37.1. The maximum atomic E-state index is 12.8. The van der Waals surface area contributed by atoms with Crippen LogP contribution in [0.15, 0.2) is 60.7 Å². The number of esters is 1. The first kappa shape index (κ1) is 20.7. The Labute approximate surface area is 172 Å². The van der Waals surface area contributed by atoms with Crippen molar-refractivity contribution >= 4 is 28.7 Å². The predicted molar refractivity (Wildman–Crippen MR) is 109 cm³/mol. The Kier molecular flexibility index (Phi) is 6.17. The number of phenols is 2. The van der Waals surface area contributed by atoms with Gasteiger partial charge in [0.25, 0.3) is 5.91 Å². The number of urea groups is 1. The number of phenolic OH excluding ortho intramolecular Hbond substituents is 2. The summed E-state index contributed by atoms with van der Waals surface area (Å²) in [6, 6.07) is 14.9. The van der Waals surface area contributed by atoms with Crippen LogP contribution in [0.1, 0.15) is 28.9 Å². The molecular weight excluding hydrogens is 388 g/mol. The predicted octanol–water partition coefficient (Wildman–Crippen LogP) is 2.99. The van der Waals surface area contributed by atoms with Crippen molar-refractivity contribution in [2.45, 2.75) is 13.0 Å². The van der Waals surface area contributed by atoms with Crippen LogP contribution >= 0.6 is 0 Å². The number of hydrogen-bond donors (Lipinski definition) is 4. The van der Waals surface area contributed by atoms with E-state index in [1.54, 1.807) is 55.5 Å². The summed E-state index contributed by atoms with van der Waals surface area (Å²) in [6.07, 6.45) is -1.45. The molecule has 3 aromatic rings. The fourth-order valence-corrected chi connectivity index (χ4v) is 2.95. The van der Waals surface area contributed by atoms with Crippen molar-refractivity contribution in [3.8, 4) is 11.5 Å². The van der Waals surface area contributed by atoms with E-state index in [0.29, 0.717) is 17.5 Å². The molecule has 3 aromatic carbocycles. The van der Waals surface area contributed by atoms with Gasteiger partial charge in [0, 0.05) is 22.9 Å². The lowest BCUT2D eigenvalue weighted by Gasteiger charge is -2.18. The van der Waals surface area contributed by atoms with E-state index in [9.17, 15) is 24.6 Å². The molecule has 4 N–H and O–H groups in total. The molecule has 0 fully saturated rings. The van der Waals surface area contributed by atoms with Gasteiger partial charge in [0.1, 0.15) is 17.1 Å². The van der Waals surface area contributed by atoms with Gasteiger partial charge in [-0.25, -0.2) is 9.59 Å². The molecule has 0 bridgehead atoms. The summed E-state index contributed by atoms with van der Waals surface area (Å²) < 4.78 is 5.35. The normalized spacial score (nSPS) is 11.5. The van der Waals surface area contributed by atoms with Gasteiger partial charge in [0.05, 0.1) is 0 Å². The molecule has 0 heterocycles. The molecule has 3 rings (SSSR count). The van der Waals surface area contributed by atoms with Gasteiger partial charge in [-0.1, -0.05) is 54.6 Å². The standard InChI is InChI=1S/C22H20N2O6/c1-2-23-22(29)24-20(27)19(13-8-4-3-5-9-13)30-21(28)16-12-17(25)14-10-6-7-11-15(14)18(16)26/h3-12,19,25-26H,2H2,1H3,(H2,23,24,27,29)/t19-/m0/s1. The third-order valence-electron chi connectivity index (χ3n) is 4.35. The van der Waals surface area contributed by atoms with Crippen molar-refractivity contribution in [1.82, 2.24) is 10.6 Å². The fraction of sp³-hybridized carbons (Fsp3) is 0.136. The number of rotatable bonds is 5. The van der Waals surface area contributed by atoms with Gasteiger partial charge in [-0.15, -0.1) is 0 Å². The lowest BCUT2D eigenvalue weighted by molar-refractivity contribution is -0.129. The molecule has 8 heteroatoms. The van der Waals surface area contributed by atoms with Gasteiger partial charge in [-0.3, -0.25) is 10.1 Å². The van der Waals surface area contributed by atoms with Crippen LogP contribution in [0.5, 0.6) is 11.5 Å². The SMILES string of the molecule is CCNC(=O)NC(=O)[C@@H](OC(=O)c1cc(O)c2ccccc2c1O)c1ccccc1. The minimum Gasteiger partial charge on any atom is -0.507 e. The van der Waals surface area contributed by atoms with Crippen molar-refractivity contribution in [3.05, 3.63) is 71.8 Å². The lowest BCUT2D eigenvalue weighted by Crippen LogP contribution is -2.42. The zero-order chi connectivity index (χ0) is 21.7. The summed E-state index contributed by atoms with van der Waals surface area (Å²) in [5.41, 5.74) is 0.0232. The molecule has 0 unspecified atom stereocenters. The highest BCUT2D eigenvalue weighted by molar-refractivity contribution is 6.05. The number of aromatic hydroxyl groups is 2. The maximum absolute atomic E-state index is 12.8. The van der Waals surface area contributed by atoms with Crippen molar-refractivity contribution in [3.63, 3.8) is 0 Å². The molecule has 0 aromatic heterocycles. The maximum Gasteiger partial charge on any atom is 0.343 e. The number of fused-ring (bicyclic) bond motifs is 1. The summed E-state index contributed by atoms with van der Waals surface area (Å²) in [5, 5.41) is 25.9. The van der Waals surface area contributed by atoms with Gasteiger partial charge >= 0.3 is 12.0 Å². The minimum absolute atomic E-state index is 0.224. The Morgan fingerprint density at radius 3 is 2.27 bits per heavy atom. The van der Waals surface area contributed by atoms with Crippen molar-refractivity contribution in [2.24, 2.45) is 0 Å². The zero-order valence-electron chi connectivity index (χ0n) is 16.1. The van der Waals surface area contributed by atoms with Crippen LogP contribution in [0, 0.1) is 0 Å². The molecule has 0 aliphatic heterocycles. The minimum atomic E-state index is -1.45.